The molecular formula is C13H22N2O3S. The molecule has 2 heterocycles. The number of hydrogen-bond acceptors (Lipinski definition) is 4. The maximum Gasteiger partial charge on any atom is 0.313 e. The molecule has 1 atom stereocenters. The third-order valence-electron chi connectivity index (χ3n) is 3.87. The first-order chi connectivity index (χ1) is 9.16. The van der Waals surface area contributed by atoms with E-state index in [1.54, 1.807) is 0 Å². The van der Waals surface area contributed by atoms with Crippen molar-refractivity contribution >= 4 is 23.6 Å². The van der Waals surface area contributed by atoms with Gasteiger partial charge in [-0.3, -0.25) is 14.5 Å². The lowest BCUT2D eigenvalue weighted by Gasteiger charge is -2.32. The maximum absolute atomic E-state index is 11.9. The minimum Gasteiger partial charge on any atom is -0.481 e. The fraction of sp³-hybridized carbons (Fsp3) is 0.846. The third-order valence-corrected chi connectivity index (χ3v) is 4.78. The molecule has 0 aromatic carbocycles. The largest absolute Gasteiger partial charge is 0.481 e. The Kier molecular flexibility index (Phi) is 5.51. The van der Waals surface area contributed by atoms with Gasteiger partial charge in [0.25, 0.3) is 0 Å². The monoisotopic (exact) mass is 286 g/mol. The van der Waals surface area contributed by atoms with Gasteiger partial charge in [-0.1, -0.05) is 6.42 Å². The number of piperidine rings is 1. The normalized spacial score (nSPS) is 24.6. The Balaban J connectivity index is 1.71. The number of hydrogen-bond donors (Lipinski definition) is 1. The van der Waals surface area contributed by atoms with Crippen LogP contribution in [0, 0.1) is 0 Å². The first-order valence-electron chi connectivity index (χ1n) is 6.98. The Morgan fingerprint density at radius 1 is 1.11 bits per heavy atom. The smallest absolute Gasteiger partial charge is 0.313 e. The lowest BCUT2D eigenvalue weighted by Crippen LogP contribution is -2.41. The van der Waals surface area contributed by atoms with Gasteiger partial charge < -0.3 is 10.0 Å². The van der Waals surface area contributed by atoms with E-state index >= 15 is 0 Å². The number of carboxylic acids is 1. The molecule has 0 aliphatic carbocycles. The van der Waals surface area contributed by atoms with Crippen molar-refractivity contribution in [2.24, 2.45) is 0 Å². The molecule has 108 valence electrons. The summed E-state index contributed by atoms with van der Waals surface area (Å²) in [6, 6.07) is 0.522. The van der Waals surface area contributed by atoms with Crippen LogP contribution in [0.1, 0.15) is 25.7 Å². The van der Waals surface area contributed by atoms with Crippen molar-refractivity contribution in [3.05, 3.63) is 0 Å². The number of carbonyl (C=O) groups is 2. The van der Waals surface area contributed by atoms with Gasteiger partial charge in [-0.2, -0.15) is 0 Å². The lowest BCUT2D eigenvalue weighted by atomic mass is 10.1. The summed E-state index contributed by atoms with van der Waals surface area (Å²) < 4.78 is 0. The van der Waals surface area contributed by atoms with E-state index in [1.807, 2.05) is 4.90 Å². The molecule has 1 amide bonds. The van der Waals surface area contributed by atoms with Crippen molar-refractivity contribution in [1.82, 2.24) is 9.80 Å². The molecule has 5 nitrogen and oxygen atoms in total. The van der Waals surface area contributed by atoms with E-state index in [2.05, 4.69) is 4.90 Å². The Morgan fingerprint density at radius 3 is 2.53 bits per heavy atom. The first-order valence-corrected chi connectivity index (χ1v) is 8.13. The number of carboxylic acid groups (broad SMARTS) is 1. The number of amides is 1. The first kappa shape index (κ1) is 14.7. The van der Waals surface area contributed by atoms with E-state index in [9.17, 15) is 9.59 Å². The summed E-state index contributed by atoms with van der Waals surface area (Å²) in [7, 11) is 0. The molecule has 0 aromatic heterocycles. The summed E-state index contributed by atoms with van der Waals surface area (Å²) in [6.07, 6.45) is 4.95. The van der Waals surface area contributed by atoms with Crippen molar-refractivity contribution in [3.63, 3.8) is 0 Å². The molecule has 2 aliphatic heterocycles. The molecule has 2 fully saturated rings. The highest BCUT2D eigenvalue weighted by molar-refractivity contribution is 8.00. The van der Waals surface area contributed by atoms with Crippen LogP contribution in [0.5, 0.6) is 0 Å². The van der Waals surface area contributed by atoms with Gasteiger partial charge in [-0.05, 0) is 32.4 Å². The van der Waals surface area contributed by atoms with Gasteiger partial charge in [0.05, 0.1) is 11.5 Å². The van der Waals surface area contributed by atoms with Crippen molar-refractivity contribution < 1.29 is 14.7 Å². The van der Waals surface area contributed by atoms with Crippen molar-refractivity contribution in [2.45, 2.75) is 31.7 Å². The molecule has 1 N–H and O–H groups in total. The lowest BCUT2D eigenvalue weighted by molar-refractivity contribution is -0.133. The van der Waals surface area contributed by atoms with Gasteiger partial charge in [-0.15, -0.1) is 11.8 Å². The molecule has 0 saturated carbocycles. The third kappa shape index (κ3) is 4.38. The quantitative estimate of drug-likeness (QED) is 0.813. The zero-order valence-corrected chi connectivity index (χ0v) is 12.0. The van der Waals surface area contributed by atoms with Gasteiger partial charge in [0.15, 0.2) is 0 Å². The Labute approximate surface area is 118 Å². The molecule has 0 radical (unpaired) electrons. The van der Waals surface area contributed by atoms with Crippen LogP contribution in [0.3, 0.4) is 0 Å². The minimum atomic E-state index is -0.856. The van der Waals surface area contributed by atoms with Crippen LogP contribution in [0.15, 0.2) is 0 Å². The molecule has 2 aliphatic rings. The Bertz CT molecular complexity index is 332. The molecule has 6 heteroatoms. The van der Waals surface area contributed by atoms with Gasteiger partial charge >= 0.3 is 5.97 Å². The van der Waals surface area contributed by atoms with E-state index in [-0.39, 0.29) is 11.7 Å². The summed E-state index contributed by atoms with van der Waals surface area (Å²) >= 11 is 1.19. The standard InChI is InChI=1S/C13H22N2O3S/c16-12(9-19-10-13(17)18)15-7-4-11(8-15)14-5-2-1-3-6-14/h11H,1-10H2,(H,17,18). The van der Waals surface area contributed by atoms with Crippen molar-refractivity contribution in [2.75, 3.05) is 37.7 Å². The Morgan fingerprint density at radius 2 is 1.84 bits per heavy atom. The van der Waals surface area contributed by atoms with Gasteiger partial charge in [0.2, 0.25) is 5.91 Å². The summed E-state index contributed by atoms with van der Waals surface area (Å²) in [5.74, 6) is -0.468. The summed E-state index contributed by atoms with van der Waals surface area (Å²) in [5.41, 5.74) is 0. The zero-order valence-electron chi connectivity index (χ0n) is 11.2. The molecule has 19 heavy (non-hydrogen) atoms. The number of carbonyl (C=O) groups excluding carboxylic acids is 1. The van der Waals surface area contributed by atoms with Crippen LogP contribution >= 0.6 is 11.8 Å². The predicted octanol–water partition coefficient (Wildman–Crippen LogP) is 0.891. The number of rotatable bonds is 5. The van der Waals surface area contributed by atoms with Crippen LogP contribution in [-0.2, 0) is 9.59 Å². The Hall–Kier alpha value is -0.750. The minimum absolute atomic E-state index is 0.00906. The zero-order chi connectivity index (χ0) is 13.7. The van der Waals surface area contributed by atoms with E-state index < -0.39 is 5.97 Å². The molecule has 1 unspecified atom stereocenters. The summed E-state index contributed by atoms with van der Waals surface area (Å²) in [5, 5.41) is 8.55. The van der Waals surface area contributed by atoms with Crippen LogP contribution in [0.4, 0.5) is 0 Å². The number of nitrogens with zero attached hydrogens (tertiary/aromatic N) is 2. The van der Waals surface area contributed by atoms with Gasteiger partial charge in [-0.25, -0.2) is 0 Å². The maximum atomic E-state index is 11.9. The average Bonchev–Trinajstić information content (AvgIpc) is 2.89. The highest BCUT2D eigenvalue weighted by atomic mass is 32.2. The predicted molar refractivity (Wildman–Crippen MR) is 75.4 cm³/mol. The summed E-state index contributed by atoms with van der Waals surface area (Å²) in [4.78, 5) is 26.8. The molecule has 0 spiro atoms. The topological polar surface area (TPSA) is 60.9 Å². The second-order valence-electron chi connectivity index (χ2n) is 5.27. The molecule has 0 bridgehead atoms. The molecule has 2 saturated heterocycles. The number of likely N-dealkylation sites (tertiary alicyclic amines) is 2. The van der Waals surface area contributed by atoms with E-state index in [1.165, 1.54) is 44.1 Å². The van der Waals surface area contributed by atoms with Gasteiger partial charge in [0.1, 0.15) is 0 Å². The SMILES string of the molecule is O=C(O)CSCC(=O)N1CCC(N2CCCCC2)C1. The van der Waals surface area contributed by atoms with Gasteiger partial charge in [0, 0.05) is 19.1 Å². The van der Waals surface area contributed by atoms with E-state index in [4.69, 9.17) is 5.11 Å². The fourth-order valence-corrected chi connectivity index (χ4v) is 3.50. The van der Waals surface area contributed by atoms with Crippen molar-refractivity contribution in [1.29, 1.82) is 0 Å². The fourth-order valence-electron chi connectivity index (χ4n) is 2.87. The molecule has 2 rings (SSSR count). The second-order valence-corrected chi connectivity index (χ2v) is 6.25. The highest BCUT2D eigenvalue weighted by Crippen LogP contribution is 2.20. The number of aliphatic carboxylic acids is 1. The second kappa shape index (κ2) is 7.14. The molecular weight excluding hydrogens is 264 g/mol. The number of thioether (sulfide) groups is 1. The van der Waals surface area contributed by atoms with Crippen LogP contribution < -0.4 is 0 Å². The summed E-state index contributed by atoms with van der Waals surface area (Å²) in [6.45, 7) is 3.99. The van der Waals surface area contributed by atoms with Crippen LogP contribution in [0.2, 0.25) is 0 Å². The molecule has 0 aromatic rings. The van der Waals surface area contributed by atoms with E-state index in [0.29, 0.717) is 11.8 Å². The van der Waals surface area contributed by atoms with Crippen LogP contribution in [-0.4, -0.2) is 70.5 Å². The van der Waals surface area contributed by atoms with E-state index in [0.717, 1.165) is 19.5 Å². The van der Waals surface area contributed by atoms with Crippen molar-refractivity contribution in [3.8, 4) is 0 Å². The average molecular weight is 286 g/mol. The highest BCUT2D eigenvalue weighted by Gasteiger charge is 2.30. The van der Waals surface area contributed by atoms with Crippen LogP contribution in [0.25, 0.3) is 0 Å².